The van der Waals surface area contributed by atoms with Gasteiger partial charge in [-0.05, 0) is 37.5 Å². The molecule has 1 amide bonds. The van der Waals surface area contributed by atoms with Gasteiger partial charge in [0, 0.05) is 32.0 Å². The molecule has 138 valence electrons. The van der Waals surface area contributed by atoms with Crippen LogP contribution < -0.4 is 4.74 Å². The van der Waals surface area contributed by atoms with E-state index in [0.29, 0.717) is 30.0 Å². The molecule has 3 fully saturated rings. The summed E-state index contributed by atoms with van der Waals surface area (Å²) in [4.78, 5) is 19.3. The number of rotatable bonds is 6. The van der Waals surface area contributed by atoms with Gasteiger partial charge in [0.1, 0.15) is 5.82 Å². The van der Waals surface area contributed by atoms with Crippen molar-refractivity contribution in [1.82, 2.24) is 29.9 Å². The van der Waals surface area contributed by atoms with E-state index >= 15 is 0 Å². The monoisotopic (exact) mass is 356 g/mol. The molecule has 2 aromatic heterocycles. The Morgan fingerprint density at radius 1 is 1.31 bits per heavy atom. The van der Waals surface area contributed by atoms with E-state index in [9.17, 15) is 4.79 Å². The smallest absolute Gasteiger partial charge is 0.260 e. The number of nitrogens with one attached hydrogen (secondary N) is 1. The van der Waals surface area contributed by atoms with Crippen LogP contribution in [0.1, 0.15) is 49.2 Å². The fourth-order valence-corrected chi connectivity index (χ4v) is 4.01. The van der Waals surface area contributed by atoms with Gasteiger partial charge in [-0.2, -0.15) is 10.2 Å². The molecule has 2 aliphatic carbocycles. The molecule has 0 spiro atoms. The van der Waals surface area contributed by atoms with Crippen LogP contribution in [0.25, 0.3) is 0 Å². The van der Waals surface area contributed by atoms with E-state index in [1.54, 1.807) is 17.1 Å². The van der Waals surface area contributed by atoms with Crippen molar-refractivity contribution in [3.63, 3.8) is 0 Å². The van der Waals surface area contributed by atoms with Crippen molar-refractivity contribution < 1.29 is 9.53 Å². The summed E-state index contributed by atoms with van der Waals surface area (Å²) in [5, 5.41) is 11.6. The highest BCUT2D eigenvalue weighted by atomic mass is 16.5. The minimum atomic E-state index is 0.0314. The van der Waals surface area contributed by atoms with Gasteiger partial charge in [0.2, 0.25) is 0 Å². The van der Waals surface area contributed by atoms with E-state index in [2.05, 4.69) is 15.3 Å². The molecule has 5 rings (SSSR count). The lowest BCUT2D eigenvalue weighted by molar-refractivity contribution is -0.132. The van der Waals surface area contributed by atoms with Crippen molar-refractivity contribution in [1.29, 1.82) is 0 Å². The number of hydrogen-bond donors (Lipinski definition) is 1. The van der Waals surface area contributed by atoms with Crippen LogP contribution in [0.3, 0.4) is 0 Å². The number of carbonyl (C=O) groups is 1. The number of H-pyrrole nitrogens is 1. The van der Waals surface area contributed by atoms with Crippen LogP contribution in [0.5, 0.6) is 5.75 Å². The molecule has 1 aliphatic heterocycles. The topological polar surface area (TPSA) is 88.9 Å². The lowest BCUT2D eigenvalue weighted by atomic mass is 9.91. The second kappa shape index (κ2) is 6.10. The van der Waals surface area contributed by atoms with Gasteiger partial charge in [-0.25, -0.2) is 4.98 Å². The molecule has 1 saturated heterocycles. The Kier molecular flexibility index (Phi) is 3.72. The molecular weight excluding hydrogens is 332 g/mol. The number of amides is 1. The van der Waals surface area contributed by atoms with Crippen molar-refractivity contribution in [2.45, 2.75) is 37.5 Å². The molecule has 26 heavy (non-hydrogen) atoms. The van der Waals surface area contributed by atoms with Crippen LogP contribution in [-0.4, -0.2) is 55.5 Å². The number of carbonyl (C=O) groups excluding carboxylic acids is 1. The zero-order valence-electron chi connectivity index (χ0n) is 15.0. The summed E-state index contributed by atoms with van der Waals surface area (Å²) in [6, 6.07) is 0. The number of hydrogen-bond acceptors (Lipinski definition) is 5. The maximum absolute atomic E-state index is 12.6. The van der Waals surface area contributed by atoms with E-state index in [0.717, 1.165) is 18.2 Å². The second-order valence-corrected chi connectivity index (χ2v) is 7.90. The molecule has 1 N–H and O–H groups in total. The highest BCUT2D eigenvalue weighted by Gasteiger charge is 2.46. The van der Waals surface area contributed by atoms with Crippen LogP contribution in [0.4, 0.5) is 0 Å². The fourth-order valence-electron chi connectivity index (χ4n) is 4.01. The maximum Gasteiger partial charge on any atom is 0.260 e. The average molecular weight is 356 g/mol. The molecule has 2 aromatic rings. The largest absolute Gasteiger partial charge is 0.480 e. The Hall–Kier alpha value is -2.38. The standard InChI is InChI=1S/C18H24N6O2/c1-23-7-13(6-19-23)26-10-16(25)24-8-14(11-2-3-11)15(9-24)18-20-17(21-22-18)12-4-5-12/h6-7,11-12,14-15H,2-5,8-10H2,1H3,(H,20,21,22)/t14-,15+/m1/s1. The highest BCUT2D eigenvalue weighted by molar-refractivity contribution is 5.78. The number of aromatic amines is 1. The summed E-state index contributed by atoms with van der Waals surface area (Å²) < 4.78 is 7.25. The summed E-state index contributed by atoms with van der Waals surface area (Å²) in [6.07, 6.45) is 8.31. The third kappa shape index (κ3) is 3.08. The normalized spacial score (nSPS) is 25.7. The fraction of sp³-hybridized carbons (Fsp3) is 0.667. The van der Waals surface area contributed by atoms with Gasteiger partial charge in [-0.1, -0.05) is 0 Å². The predicted octanol–water partition coefficient (Wildman–Crippen LogP) is 1.45. The van der Waals surface area contributed by atoms with Crippen molar-refractivity contribution >= 4 is 5.91 Å². The first-order valence-electron chi connectivity index (χ1n) is 9.49. The first-order valence-corrected chi connectivity index (χ1v) is 9.49. The predicted molar refractivity (Wildman–Crippen MR) is 92.6 cm³/mol. The van der Waals surface area contributed by atoms with Gasteiger partial charge >= 0.3 is 0 Å². The highest BCUT2D eigenvalue weighted by Crippen LogP contribution is 2.47. The Labute approximate surface area is 151 Å². The van der Waals surface area contributed by atoms with Gasteiger partial charge in [-0.15, -0.1) is 0 Å². The first-order chi connectivity index (χ1) is 12.7. The Morgan fingerprint density at radius 3 is 2.85 bits per heavy atom. The van der Waals surface area contributed by atoms with Crippen LogP contribution in [0.2, 0.25) is 0 Å². The third-order valence-electron chi connectivity index (χ3n) is 5.80. The lowest BCUT2D eigenvalue weighted by Gasteiger charge is -2.16. The maximum atomic E-state index is 12.6. The number of likely N-dealkylation sites (tertiary alicyclic amines) is 1. The number of aromatic nitrogens is 5. The minimum absolute atomic E-state index is 0.0314. The Bertz CT molecular complexity index is 806. The molecule has 0 aromatic carbocycles. The molecule has 0 bridgehead atoms. The number of nitrogens with zero attached hydrogens (tertiary/aromatic N) is 5. The van der Waals surface area contributed by atoms with Crippen LogP contribution in [0, 0.1) is 11.8 Å². The zero-order valence-corrected chi connectivity index (χ0v) is 15.0. The molecule has 2 atom stereocenters. The van der Waals surface area contributed by atoms with E-state index in [4.69, 9.17) is 9.72 Å². The zero-order chi connectivity index (χ0) is 17.7. The molecular formula is C18H24N6O2. The van der Waals surface area contributed by atoms with Crippen molar-refractivity contribution in [3.8, 4) is 5.75 Å². The number of aryl methyl sites for hydroxylation is 1. The summed E-state index contributed by atoms with van der Waals surface area (Å²) in [7, 11) is 1.83. The summed E-state index contributed by atoms with van der Waals surface area (Å²) in [6.45, 7) is 1.55. The lowest BCUT2D eigenvalue weighted by Crippen LogP contribution is -2.33. The Morgan fingerprint density at radius 2 is 2.15 bits per heavy atom. The molecule has 3 heterocycles. The molecule has 8 heteroatoms. The Balaban J connectivity index is 1.25. The number of ether oxygens (including phenoxy) is 1. The van der Waals surface area contributed by atoms with Gasteiger partial charge in [0.25, 0.3) is 5.91 Å². The quantitative estimate of drug-likeness (QED) is 0.846. The first kappa shape index (κ1) is 15.8. The summed E-state index contributed by atoms with van der Waals surface area (Å²) >= 11 is 0. The molecule has 3 aliphatic rings. The van der Waals surface area contributed by atoms with Crippen LogP contribution in [0.15, 0.2) is 12.4 Å². The van der Waals surface area contributed by atoms with E-state index < -0.39 is 0 Å². The molecule has 2 saturated carbocycles. The summed E-state index contributed by atoms with van der Waals surface area (Å²) in [5.41, 5.74) is 0. The average Bonchev–Trinajstić information content (AvgIpc) is 3.53. The van der Waals surface area contributed by atoms with E-state index in [1.165, 1.54) is 25.7 Å². The van der Waals surface area contributed by atoms with Gasteiger partial charge in [0.15, 0.2) is 18.2 Å². The summed E-state index contributed by atoms with van der Waals surface area (Å²) in [5.74, 6) is 4.59. The van der Waals surface area contributed by atoms with Crippen molar-refractivity contribution in [2.24, 2.45) is 18.9 Å². The van der Waals surface area contributed by atoms with Crippen LogP contribution in [-0.2, 0) is 11.8 Å². The van der Waals surface area contributed by atoms with Gasteiger partial charge < -0.3 is 9.64 Å². The van der Waals surface area contributed by atoms with E-state index in [1.807, 2.05) is 11.9 Å². The van der Waals surface area contributed by atoms with Crippen LogP contribution >= 0.6 is 0 Å². The van der Waals surface area contributed by atoms with E-state index in [-0.39, 0.29) is 18.4 Å². The molecule has 0 unspecified atom stereocenters. The third-order valence-corrected chi connectivity index (χ3v) is 5.80. The molecule has 0 radical (unpaired) electrons. The SMILES string of the molecule is Cn1cc(OCC(=O)N2C[C@H](c3nc(C4CC4)n[nH]3)[C@@H](C3CC3)C2)cn1. The second-order valence-electron chi connectivity index (χ2n) is 7.90. The van der Waals surface area contributed by atoms with Crippen molar-refractivity contribution in [3.05, 3.63) is 24.0 Å². The van der Waals surface area contributed by atoms with Crippen molar-refractivity contribution in [2.75, 3.05) is 19.7 Å². The minimum Gasteiger partial charge on any atom is -0.480 e. The van der Waals surface area contributed by atoms with Gasteiger partial charge in [0.05, 0.1) is 12.4 Å². The van der Waals surface area contributed by atoms with Gasteiger partial charge in [-0.3, -0.25) is 14.6 Å². The molecule has 8 nitrogen and oxygen atoms in total.